The third kappa shape index (κ3) is 3.42. The number of benzene rings is 1. The van der Waals surface area contributed by atoms with E-state index >= 15 is 0 Å². The lowest BCUT2D eigenvalue weighted by Crippen LogP contribution is -2.40. The molecule has 0 aliphatic carbocycles. The van der Waals surface area contributed by atoms with Crippen molar-refractivity contribution >= 4 is 11.9 Å². The Kier molecular flexibility index (Phi) is 5.28. The number of carboxylic acid groups (broad SMARTS) is 1. The first-order chi connectivity index (χ1) is 11.4. The van der Waals surface area contributed by atoms with Crippen LogP contribution in [0.4, 0.5) is 0 Å². The summed E-state index contributed by atoms with van der Waals surface area (Å²) in [6, 6.07) is 8.40. The molecule has 0 aliphatic heterocycles. The van der Waals surface area contributed by atoms with Gasteiger partial charge in [-0.05, 0) is 50.6 Å². The van der Waals surface area contributed by atoms with Crippen LogP contribution in [0.15, 0.2) is 30.3 Å². The fourth-order valence-corrected chi connectivity index (χ4v) is 2.70. The fourth-order valence-electron chi connectivity index (χ4n) is 2.70. The maximum absolute atomic E-state index is 12.4. The Bertz CT molecular complexity index is 747. The average Bonchev–Trinajstić information content (AvgIpc) is 2.87. The number of aliphatic carboxylic acids is 1. The lowest BCUT2D eigenvalue weighted by atomic mass is 10.2. The van der Waals surface area contributed by atoms with Crippen molar-refractivity contribution in [1.82, 2.24) is 9.88 Å². The number of carbonyl (C=O) groups excluding carboxylic acids is 1. The average molecular weight is 330 g/mol. The predicted molar refractivity (Wildman–Crippen MR) is 91.0 cm³/mol. The minimum absolute atomic E-state index is 0.332. The van der Waals surface area contributed by atoms with Crippen molar-refractivity contribution in [3.63, 3.8) is 0 Å². The highest BCUT2D eigenvalue weighted by Crippen LogP contribution is 2.23. The number of methoxy groups -OCH3 is 1. The zero-order chi connectivity index (χ0) is 17.9. The van der Waals surface area contributed by atoms with E-state index in [9.17, 15) is 9.59 Å². The number of nitrogens with zero attached hydrogens (tertiary/aromatic N) is 1. The zero-order valence-electron chi connectivity index (χ0n) is 14.3. The molecule has 0 spiro atoms. The van der Waals surface area contributed by atoms with Gasteiger partial charge in [-0.1, -0.05) is 6.92 Å². The van der Waals surface area contributed by atoms with E-state index in [-0.39, 0.29) is 5.91 Å². The van der Waals surface area contributed by atoms with Crippen LogP contribution in [0.5, 0.6) is 5.75 Å². The topological polar surface area (TPSA) is 80.6 Å². The molecule has 1 atom stereocenters. The van der Waals surface area contributed by atoms with Crippen LogP contribution in [0.3, 0.4) is 0 Å². The van der Waals surface area contributed by atoms with E-state index in [1.54, 1.807) is 20.1 Å². The Morgan fingerprint density at radius 2 is 1.88 bits per heavy atom. The second-order valence-electron chi connectivity index (χ2n) is 5.59. The maximum atomic E-state index is 12.4. The van der Waals surface area contributed by atoms with Gasteiger partial charge in [0.25, 0.3) is 5.91 Å². The highest BCUT2D eigenvalue weighted by Gasteiger charge is 2.22. The minimum Gasteiger partial charge on any atom is -0.497 e. The summed E-state index contributed by atoms with van der Waals surface area (Å²) in [7, 11) is 1.61. The van der Waals surface area contributed by atoms with Gasteiger partial charge in [-0.3, -0.25) is 4.79 Å². The molecule has 128 valence electrons. The van der Waals surface area contributed by atoms with Gasteiger partial charge in [0.2, 0.25) is 0 Å². The molecular formula is C18H22N2O4. The number of amides is 1. The van der Waals surface area contributed by atoms with Gasteiger partial charge in [-0.2, -0.15) is 0 Å². The van der Waals surface area contributed by atoms with E-state index in [2.05, 4.69) is 5.32 Å². The van der Waals surface area contributed by atoms with Crippen LogP contribution in [0.2, 0.25) is 0 Å². The van der Waals surface area contributed by atoms with E-state index < -0.39 is 12.0 Å². The summed E-state index contributed by atoms with van der Waals surface area (Å²) in [5, 5.41) is 11.7. The Hall–Kier alpha value is -2.76. The molecule has 0 saturated carbocycles. The molecule has 0 saturated heterocycles. The van der Waals surface area contributed by atoms with Crippen molar-refractivity contribution in [2.45, 2.75) is 33.2 Å². The predicted octanol–water partition coefficient (Wildman–Crippen LogP) is 2.70. The molecule has 1 unspecified atom stereocenters. The van der Waals surface area contributed by atoms with Crippen LogP contribution in [0, 0.1) is 13.8 Å². The Balaban J connectivity index is 2.34. The van der Waals surface area contributed by atoms with E-state index in [0.717, 1.165) is 22.8 Å². The quantitative estimate of drug-likeness (QED) is 0.853. The molecule has 1 amide bonds. The molecule has 1 aromatic heterocycles. The summed E-state index contributed by atoms with van der Waals surface area (Å²) in [6.07, 6.45) is 0.332. The maximum Gasteiger partial charge on any atom is 0.326 e. The Morgan fingerprint density at radius 3 is 2.38 bits per heavy atom. The van der Waals surface area contributed by atoms with Crippen molar-refractivity contribution in [2.24, 2.45) is 0 Å². The molecule has 2 rings (SSSR count). The third-order valence-corrected chi connectivity index (χ3v) is 4.02. The van der Waals surface area contributed by atoms with E-state index in [1.165, 1.54) is 0 Å². The van der Waals surface area contributed by atoms with Crippen LogP contribution < -0.4 is 10.1 Å². The lowest BCUT2D eigenvalue weighted by Gasteiger charge is -2.13. The number of carboxylic acids is 1. The van der Waals surface area contributed by atoms with Gasteiger partial charge in [0.05, 0.1) is 12.7 Å². The molecule has 24 heavy (non-hydrogen) atoms. The lowest BCUT2D eigenvalue weighted by molar-refractivity contribution is -0.139. The summed E-state index contributed by atoms with van der Waals surface area (Å²) in [5.74, 6) is -0.654. The molecule has 1 heterocycles. The number of rotatable bonds is 6. The summed E-state index contributed by atoms with van der Waals surface area (Å²) in [6.45, 7) is 5.47. The molecule has 0 radical (unpaired) electrons. The monoisotopic (exact) mass is 330 g/mol. The molecule has 1 aromatic carbocycles. The molecule has 2 N–H and O–H groups in total. The van der Waals surface area contributed by atoms with Crippen molar-refractivity contribution in [3.05, 3.63) is 47.3 Å². The molecule has 0 bridgehead atoms. The van der Waals surface area contributed by atoms with Gasteiger partial charge in [0.1, 0.15) is 11.8 Å². The van der Waals surface area contributed by atoms with Gasteiger partial charge in [0, 0.05) is 17.1 Å². The van der Waals surface area contributed by atoms with Gasteiger partial charge >= 0.3 is 5.97 Å². The van der Waals surface area contributed by atoms with Crippen molar-refractivity contribution in [2.75, 3.05) is 7.11 Å². The fraction of sp³-hybridized carbons (Fsp3) is 0.333. The number of ether oxygens (including phenoxy) is 1. The van der Waals surface area contributed by atoms with Gasteiger partial charge in [-0.15, -0.1) is 0 Å². The van der Waals surface area contributed by atoms with Gasteiger partial charge in [-0.25, -0.2) is 4.79 Å². The van der Waals surface area contributed by atoms with Crippen molar-refractivity contribution in [3.8, 4) is 11.4 Å². The van der Waals surface area contributed by atoms with Gasteiger partial charge in [0.15, 0.2) is 0 Å². The van der Waals surface area contributed by atoms with Crippen molar-refractivity contribution < 1.29 is 19.4 Å². The molecule has 0 aliphatic rings. The number of carbonyl (C=O) groups is 2. The summed E-state index contributed by atoms with van der Waals surface area (Å²) >= 11 is 0. The smallest absolute Gasteiger partial charge is 0.326 e. The van der Waals surface area contributed by atoms with Crippen molar-refractivity contribution in [1.29, 1.82) is 0 Å². The second kappa shape index (κ2) is 7.21. The van der Waals surface area contributed by atoms with Crippen LogP contribution in [-0.2, 0) is 4.79 Å². The molecule has 6 heteroatoms. The van der Waals surface area contributed by atoms with E-state index in [0.29, 0.717) is 12.0 Å². The zero-order valence-corrected chi connectivity index (χ0v) is 14.3. The summed E-state index contributed by atoms with van der Waals surface area (Å²) in [4.78, 5) is 23.5. The molecule has 6 nitrogen and oxygen atoms in total. The minimum atomic E-state index is -1.03. The van der Waals surface area contributed by atoms with Gasteiger partial charge < -0.3 is 19.7 Å². The summed E-state index contributed by atoms with van der Waals surface area (Å²) in [5.41, 5.74) is 3.04. The molecule has 0 fully saturated rings. The summed E-state index contributed by atoms with van der Waals surface area (Å²) < 4.78 is 7.11. The second-order valence-corrected chi connectivity index (χ2v) is 5.59. The number of aryl methyl sites for hydroxylation is 1. The molecule has 2 aromatic rings. The largest absolute Gasteiger partial charge is 0.497 e. The SMILES string of the molecule is CCC(NC(=O)c1cc(C)n(-c2ccc(OC)cc2)c1C)C(=O)O. The third-order valence-electron chi connectivity index (χ3n) is 4.02. The number of nitrogens with one attached hydrogen (secondary N) is 1. The van der Waals surface area contributed by atoms with Crippen LogP contribution in [0.25, 0.3) is 5.69 Å². The normalized spacial score (nSPS) is 11.8. The first kappa shape index (κ1) is 17.6. The number of aromatic nitrogens is 1. The van der Waals surface area contributed by atoms with E-state index in [1.807, 2.05) is 42.7 Å². The van der Waals surface area contributed by atoms with Crippen LogP contribution in [0.1, 0.15) is 35.1 Å². The van der Waals surface area contributed by atoms with Crippen LogP contribution in [-0.4, -0.2) is 34.7 Å². The first-order valence-electron chi connectivity index (χ1n) is 7.76. The number of hydrogen-bond donors (Lipinski definition) is 2. The number of hydrogen-bond acceptors (Lipinski definition) is 3. The highest BCUT2D eigenvalue weighted by atomic mass is 16.5. The Labute approximate surface area is 141 Å². The Morgan fingerprint density at radius 1 is 1.25 bits per heavy atom. The van der Waals surface area contributed by atoms with E-state index in [4.69, 9.17) is 9.84 Å². The highest BCUT2D eigenvalue weighted by molar-refractivity contribution is 5.98. The van der Waals surface area contributed by atoms with Crippen LogP contribution >= 0.6 is 0 Å². The molecular weight excluding hydrogens is 308 g/mol. The standard InChI is InChI=1S/C18H22N2O4/c1-5-16(18(22)23)19-17(21)15-10-11(2)20(12(15)3)13-6-8-14(24-4)9-7-13/h6-10,16H,5H2,1-4H3,(H,19,21)(H,22,23). The first-order valence-corrected chi connectivity index (χ1v) is 7.76.